The van der Waals surface area contributed by atoms with Crippen LogP contribution in [0.3, 0.4) is 0 Å². The molecule has 1 saturated heterocycles. The first-order valence-electron chi connectivity index (χ1n) is 9.70. The van der Waals surface area contributed by atoms with Crippen LogP contribution in [0.4, 0.5) is 0 Å². The summed E-state index contributed by atoms with van der Waals surface area (Å²) in [5.74, 6) is 2.47. The average molecular weight is 375 g/mol. The molecule has 5 nitrogen and oxygen atoms in total. The number of benzene rings is 1. The molecule has 2 aliphatic rings. The highest BCUT2D eigenvalue weighted by Crippen LogP contribution is 2.27. The number of thioether (sulfide) groups is 1. The predicted octanol–water partition coefficient (Wildman–Crippen LogP) is 2.73. The molecule has 26 heavy (non-hydrogen) atoms. The molecule has 1 aromatic rings. The number of carbonyl (C=O) groups excluding carboxylic acids is 1. The van der Waals surface area contributed by atoms with Gasteiger partial charge in [-0.05, 0) is 31.4 Å². The number of carbonyl (C=O) groups is 1. The van der Waals surface area contributed by atoms with Crippen molar-refractivity contribution in [2.75, 3.05) is 32.4 Å². The lowest BCUT2D eigenvalue weighted by Crippen LogP contribution is -2.45. The average Bonchev–Trinajstić information content (AvgIpc) is 3.36. The van der Waals surface area contributed by atoms with Crippen LogP contribution in [0.1, 0.15) is 32.1 Å². The van der Waals surface area contributed by atoms with E-state index in [-0.39, 0.29) is 5.92 Å². The SMILES string of the molecule is CN=C(NCCSc1ccccc1)NC1CCN(C(=O)C2CCCC2)C1. The van der Waals surface area contributed by atoms with Crippen molar-refractivity contribution in [3.05, 3.63) is 30.3 Å². The Kier molecular flexibility index (Phi) is 7.23. The molecule has 2 N–H and O–H groups in total. The Morgan fingerprint density at radius 3 is 2.73 bits per heavy atom. The van der Waals surface area contributed by atoms with Gasteiger partial charge in [0.25, 0.3) is 0 Å². The number of hydrogen-bond donors (Lipinski definition) is 2. The van der Waals surface area contributed by atoms with Crippen LogP contribution in [0, 0.1) is 5.92 Å². The first kappa shape index (κ1) is 19.1. The number of guanidine groups is 1. The number of aliphatic imine (C=N–C) groups is 1. The Morgan fingerprint density at radius 2 is 2.00 bits per heavy atom. The minimum atomic E-state index is 0.279. The number of nitrogens with one attached hydrogen (secondary N) is 2. The molecule has 6 heteroatoms. The third kappa shape index (κ3) is 5.40. The van der Waals surface area contributed by atoms with Crippen LogP contribution in [-0.4, -0.2) is 55.2 Å². The fourth-order valence-electron chi connectivity index (χ4n) is 3.75. The minimum Gasteiger partial charge on any atom is -0.356 e. The Bertz CT molecular complexity index is 601. The number of amides is 1. The highest BCUT2D eigenvalue weighted by atomic mass is 32.2. The second-order valence-corrected chi connectivity index (χ2v) is 8.22. The number of rotatable bonds is 6. The zero-order valence-corrected chi connectivity index (χ0v) is 16.4. The van der Waals surface area contributed by atoms with Crippen molar-refractivity contribution < 1.29 is 4.79 Å². The van der Waals surface area contributed by atoms with Crippen molar-refractivity contribution in [2.45, 2.75) is 43.0 Å². The lowest BCUT2D eigenvalue weighted by Gasteiger charge is -2.21. The Hall–Kier alpha value is -1.69. The van der Waals surface area contributed by atoms with Crippen molar-refractivity contribution >= 4 is 23.6 Å². The normalized spacial score (nSPS) is 21.2. The van der Waals surface area contributed by atoms with Crippen LogP contribution < -0.4 is 10.6 Å². The largest absolute Gasteiger partial charge is 0.356 e. The molecule has 2 fully saturated rings. The monoisotopic (exact) mass is 374 g/mol. The van der Waals surface area contributed by atoms with Gasteiger partial charge in [-0.15, -0.1) is 11.8 Å². The summed E-state index contributed by atoms with van der Waals surface area (Å²) in [5, 5.41) is 6.86. The van der Waals surface area contributed by atoms with E-state index < -0.39 is 0 Å². The van der Waals surface area contributed by atoms with Gasteiger partial charge in [-0.2, -0.15) is 0 Å². The molecule has 1 aromatic carbocycles. The zero-order valence-electron chi connectivity index (χ0n) is 15.6. The third-order valence-corrected chi connectivity index (χ3v) is 6.19. The van der Waals surface area contributed by atoms with Gasteiger partial charge in [0.15, 0.2) is 5.96 Å². The molecule has 1 aliphatic carbocycles. The zero-order chi connectivity index (χ0) is 18.2. The highest BCUT2D eigenvalue weighted by molar-refractivity contribution is 7.99. The molecule has 1 aliphatic heterocycles. The predicted molar refractivity (Wildman–Crippen MR) is 109 cm³/mol. The summed E-state index contributed by atoms with van der Waals surface area (Å²) in [7, 11) is 1.80. The van der Waals surface area contributed by atoms with Gasteiger partial charge in [0.05, 0.1) is 0 Å². The molecule has 0 aromatic heterocycles. The van der Waals surface area contributed by atoms with Crippen molar-refractivity contribution in [3.63, 3.8) is 0 Å². The van der Waals surface area contributed by atoms with Crippen molar-refractivity contribution in [2.24, 2.45) is 10.9 Å². The quantitative estimate of drug-likeness (QED) is 0.348. The molecule has 0 spiro atoms. The number of hydrogen-bond acceptors (Lipinski definition) is 3. The van der Waals surface area contributed by atoms with E-state index >= 15 is 0 Å². The molecular weight excluding hydrogens is 344 g/mol. The lowest BCUT2D eigenvalue weighted by atomic mass is 10.1. The summed E-state index contributed by atoms with van der Waals surface area (Å²) in [6.07, 6.45) is 5.58. The fourth-order valence-corrected chi connectivity index (χ4v) is 4.54. The smallest absolute Gasteiger partial charge is 0.225 e. The van der Waals surface area contributed by atoms with Gasteiger partial charge in [0.2, 0.25) is 5.91 Å². The summed E-state index contributed by atoms with van der Waals surface area (Å²) in [4.78, 5) is 20.2. The van der Waals surface area contributed by atoms with E-state index in [4.69, 9.17) is 0 Å². The Labute approximate surface area is 161 Å². The Morgan fingerprint density at radius 1 is 1.23 bits per heavy atom. The molecule has 1 amide bonds. The number of likely N-dealkylation sites (tertiary alicyclic amines) is 1. The van der Waals surface area contributed by atoms with Gasteiger partial charge in [-0.3, -0.25) is 9.79 Å². The van der Waals surface area contributed by atoms with E-state index in [1.807, 2.05) is 22.7 Å². The van der Waals surface area contributed by atoms with Crippen LogP contribution in [0.2, 0.25) is 0 Å². The van der Waals surface area contributed by atoms with E-state index in [0.29, 0.717) is 11.9 Å². The highest BCUT2D eigenvalue weighted by Gasteiger charge is 2.32. The molecule has 1 heterocycles. The molecule has 0 bridgehead atoms. The van der Waals surface area contributed by atoms with Gasteiger partial charge in [-0.1, -0.05) is 31.0 Å². The summed E-state index contributed by atoms with van der Waals surface area (Å²) >= 11 is 1.84. The van der Waals surface area contributed by atoms with Crippen LogP contribution in [0.15, 0.2) is 40.2 Å². The van der Waals surface area contributed by atoms with Gasteiger partial charge in [0, 0.05) is 49.3 Å². The molecular formula is C20H30N4OS. The summed E-state index contributed by atoms with van der Waals surface area (Å²) in [5.41, 5.74) is 0. The van der Waals surface area contributed by atoms with E-state index in [9.17, 15) is 4.79 Å². The van der Waals surface area contributed by atoms with Crippen LogP contribution >= 0.6 is 11.8 Å². The first-order valence-corrected chi connectivity index (χ1v) is 10.7. The van der Waals surface area contributed by atoms with Crippen molar-refractivity contribution in [1.82, 2.24) is 15.5 Å². The van der Waals surface area contributed by atoms with E-state index in [0.717, 1.165) is 50.6 Å². The van der Waals surface area contributed by atoms with E-state index in [2.05, 4.69) is 39.9 Å². The number of nitrogens with zero attached hydrogens (tertiary/aromatic N) is 2. The fraction of sp³-hybridized carbons (Fsp3) is 0.600. The van der Waals surface area contributed by atoms with Gasteiger partial charge in [-0.25, -0.2) is 0 Å². The topological polar surface area (TPSA) is 56.7 Å². The second-order valence-electron chi connectivity index (χ2n) is 7.06. The maximum atomic E-state index is 12.5. The summed E-state index contributed by atoms with van der Waals surface area (Å²) in [6.45, 7) is 2.53. The second kappa shape index (κ2) is 9.86. The van der Waals surface area contributed by atoms with Crippen molar-refractivity contribution in [1.29, 1.82) is 0 Å². The Balaban J connectivity index is 1.36. The first-order chi connectivity index (χ1) is 12.8. The maximum Gasteiger partial charge on any atom is 0.225 e. The molecule has 1 atom stereocenters. The molecule has 0 radical (unpaired) electrons. The van der Waals surface area contributed by atoms with E-state index in [1.165, 1.54) is 17.7 Å². The molecule has 1 saturated carbocycles. The van der Waals surface area contributed by atoms with E-state index in [1.54, 1.807) is 7.05 Å². The lowest BCUT2D eigenvalue weighted by molar-refractivity contribution is -0.134. The van der Waals surface area contributed by atoms with Gasteiger partial charge >= 0.3 is 0 Å². The molecule has 142 valence electrons. The van der Waals surface area contributed by atoms with Crippen LogP contribution in [0.5, 0.6) is 0 Å². The third-order valence-electron chi connectivity index (χ3n) is 5.18. The minimum absolute atomic E-state index is 0.279. The molecule has 3 rings (SSSR count). The van der Waals surface area contributed by atoms with Gasteiger partial charge in [0.1, 0.15) is 0 Å². The van der Waals surface area contributed by atoms with Crippen LogP contribution in [-0.2, 0) is 4.79 Å². The van der Waals surface area contributed by atoms with Crippen LogP contribution in [0.25, 0.3) is 0 Å². The van der Waals surface area contributed by atoms with Gasteiger partial charge < -0.3 is 15.5 Å². The molecule has 1 unspecified atom stereocenters. The standard InChI is InChI=1S/C20H30N4OS/c1-21-20(22-12-14-26-18-9-3-2-4-10-18)23-17-11-13-24(15-17)19(25)16-7-5-6-8-16/h2-4,9-10,16-17H,5-8,11-15H2,1H3,(H2,21,22,23). The summed E-state index contributed by atoms with van der Waals surface area (Å²) < 4.78 is 0. The summed E-state index contributed by atoms with van der Waals surface area (Å²) in [6, 6.07) is 10.7. The van der Waals surface area contributed by atoms with Crippen molar-refractivity contribution in [3.8, 4) is 0 Å². The maximum absolute atomic E-state index is 12.5.